The van der Waals surface area contributed by atoms with Crippen LogP contribution in [0.3, 0.4) is 0 Å². The molecule has 0 amide bonds. The Balaban J connectivity index is 1.55. The maximum absolute atomic E-state index is 5.71. The minimum Gasteiger partial charge on any atom is -0.491 e. The molecule has 1 aromatic carbocycles. The molecule has 0 aliphatic heterocycles. The van der Waals surface area contributed by atoms with Crippen molar-refractivity contribution in [2.24, 2.45) is 4.99 Å². The predicted octanol–water partition coefficient (Wildman–Crippen LogP) is 4.26. The molecule has 0 aliphatic rings. The fourth-order valence-corrected chi connectivity index (χ4v) is 2.94. The van der Waals surface area contributed by atoms with Crippen LogP contribution < -0.4 is 15.4 Å². The number of rotatable bonds is 10. The fraction of sp³-hybridized carbons (Fsp3) is 0.391. The van der Waals surface area contributed by atoms with E-state index in [1.807, 2.05) is 74.2 Å². The summed E-state index contributed by atoms with van der Waals surface area (Å²) in [4.78, 5) is 4.72. The minimum atomic E-state index is 0.155. The monoisotopic (exact) mass is 409 g/mol. The van der Waals surface area contributed by atoms with Crippen LogP contribution >= 0.6 is 0 Å². The zero-order valence-electron chi connectivity index (χ0n) is 18.0. The van der Waals surface area contributed by atoms with Gasteiger partial charge in [0.2, 0.25) is 0 Å². The van der Waals surface area contributed by atoms with Crippen molar-refractivity contribution in [3.8, 4) is 5.75 Å². The average molecular weight is 410 g/mol. The lowest BCUT2D eigenvalue weighted by Gasteiger charge is -2.14. The van der Waals surface area contributed by atoms with Crippen molar-refractivity contribution < 1.29 is 9.15 Å². The highest BCUT2D eigenvalue weighted by molar-refractivity contribution is 5.93. The number of guanidine groups is 1. The largest absolute Gasteiger partial charge is 0.491 e. The summed E-state index contributed by atoms with van der Waals surface area (Å²) >= 11 is 0. The molecule has 160 valence electrons. The maximum atomic E-state index is 5.71. The second-order valence-corrected chi connectivity index (χ2v) is 7.44. The predicted molar refractivity (Wildman–Crippen MR) is 120 cm³/mol. The Morgan fingerprint density at radius 3 is 2.73 bits per heavy atom. The minimum absolute atomic E-state index is 0.155. The number of benzene rings is 1. The van der Waals surface area contributed by atoms with Crippen molar-refractivity contribution in [3.05, 3.63) is 66.4 Å². The van der Waals surface area contributed by atoms with Crippen molar-refractivity contribution in [2.75, 3.05) is 18.4 Å². The van der Waals surface area contributed by atoms with E-state index in [-0.39, 0.29) is 6.10 Å². The summed E-state index contributed by atoms with van der Waals surface area (Å²) in [5.74, 6) is 2.55. The normalized spacial score (nSPS) is 11.7. The first-order valence-electron chi connectivity index (χ1n) is 10.4. The summed E-state index contributed by atoms with van der Waals surface area (Å²) in [5, 5.41) is 11.1. The Morgan fingerprint density at radius 1 is 1.23 bits per heavy atom. The maximum Gasteiger partial charge on any atom is 0.195 e. The molecule has 0 spiro atoms. The number of aromatic nitrogens is 2. The molecular weight excluding hydrogens is 378 g/mol. The molecule has 0 radical (unpaired) electrons. The molecule has 2 heterocycles. The summed E-state index contributed by atoms with van der Waals surface area (Å²) in [6.07, 6.45) is 7.47. The number of aliphatic imine (C=N–C) groups is 1. The van der Waals surface area contributed by atoms with Gasteiger partial charge in [-0.1, -0.05) is 0 Å². The quantitative estimate of drug-likeness (QED) is 0.297. The van der Waals surface area contributed by atoms with E-state index in [9.17, 15) is 0 Å². The lowest BCUT2D eigenvalue weighted by Crippen LogP contribution is -2.32. The molecule has 2 N–H and O–H groups in total. The van der Waals surface area contributed by atoms with Gasteiger partial charge in [0, 0.05) is 37.9 Å². The van der Waals surface area contributed by atoms with E-state index in [1.165, 1.54) is 5.56 Å². The Labute approximate surface area is 178 Å². The van der Waals surface area contributed by atoms with Crippen LogP contribution in [-0.4, -0.2) is 34.9 Å². The van der Waals surface area contributed by atoms with Crippen LogP contribution in [0.5, 0.6) is 5.75 Å². The Kier molecular flexibility index (Phi) is 7.94. The first-order valence-corrected chi connectivity index (χ1v) is 10.4. The van der Waals surface area contributed by atoms with Gasteiger partial charge in [0.15, 0.2) is 5.96 Å². The number of nitrogens with one attached hydrogen (secondary N) is 2. The van der Waals surface area contributed by atoms with Gasteiger partial charge in [-0.05, 0) is 69.2 Å². The van der Waals surface area contributed by atoms with Gasteiger partial charge < -0.3 is 19.8 Å². The van der Waals surface area contributed by atoms with E-state index >= 15 is 0 Å². The van der Waals surface area contributed by atoms with Gasteiger partial charge in [0.1, 0.15) is 11.5 Å². The molecule has 0 unspecified atom stereocenters. The SMILES string of the molecule is Cc1cnn(CCCN=C(NCCc2ccco2)Nc2ccc(OC(C)C)cc2)c1. The van der Waals surface area contributed by atoms with Crippen LogP contribution in [-0.2, 0) is 13.0 Å². The van der Waals surface area contributed by atoms with Gasteiger partial charge in [-0.3, -0.25) is 9.67 Å². The second-order valence-electron chi connectivity index (χ2n) is 7.44. The van der Waals surface area contributed by atoms with E-state index in [4.69, 9.17) is 14.1 Å². The van der Waals surface area contributed by atoms with Crippen molar-refractivity contribution in [2.45, 2.75) is 46.3 Å². The number of hydrogen-bond donors (Lipinski definition) is 2. The topological polar surface area (TPSA) is 76.6 Å². The van der Waals surface area contributed by atoms with Gasteiger partial charge in [-0.2, -0.15) is 5.10 Å². The highest BCUT2D eigenvalue weighted by Gasteiger charge is 2.03. The molecule has 0 fully saturated rings. The van der Waals surface area contributed by atoms with E-state index < -0.39 is 0 Å². The van der Waals surface area contributed by atoms with E-state index in [0.717, 1.165) is 49.1 Å². The van der Waals surface area contributed by atoms with Crippen molar-refractivity contribution in [1.29, 1.82) is 0 Å². The van der Waals surface area contributed by atoms with Gasteiger partial charge >= 0.3 is 0 Å². The first-order chi connectivity index (χ1) is 14.6. The summed E-state index contributed by atoms with van der Waals surface area (Å²) < 4.78 is 13.1. The van der Waals surface area contributed by atoms with Gasteiger partial charge in [-0.25, -0.2) is 0 Å². The molecule has 7 nitrogen and oxygen atoms in total. The van der Waals surface area contributed by atoms with Crippen LogP contribution in [0.15, 0.2) is 64.5 Å². The van der Waals surface area contributed by atoms with Gasteiger partial charge in [0.05, 0.1) is 18.6 Å². The second kappa shape index (κ2) is 11.1. The van der Waals surface area contributed by atoms with Gasteiger partial charge in [0.25, 0.3) is 0 Å². The fourth-order valence-electron chi connectivity index (χ4n) is 2.94. The van der Waals surface area contributed by atoms with Crippen LogP contribution in [0.2, 0.25) is 0 Å². The van der Waals surface area contributed by atoms with E-state index in [1.54, 1.807) is 6.26 Å². The van der Waals surface area contributed by atoms with Crippen LogP contribution in [0.1, 0.15) is 31.6 Å². The molecule has 30 heavy (non-hydrogen) atoms. The zero-order valence-corrected chi connectivity index (χ0v) is 18.0. The summed E-state index contributed by atoms with van der Waals surface area (Å²) in [5.41, 5.74) is 2.13. The molecule has 0 saturated heterocycles. The zero-order chi connectivity index (χ0) is 21.2. The van der Waals surface area contributed by atoms with E-state index in [0.29, 0.717) is 6.54 Å². The highest BCUT2D eigenvalue weighted by atomic mass is 16.5. The molecule has 3 rings (SSSR count). The molecule has 0 bridgehead atoms. The average Bonchev–Trinajstić information content (AvgIpc) is 3.38. The molecule has 3 aromatic rings. The molecule has 7 heteroatoms. The van der Waals surface area contributed by atoms with E-state index in [2.05, 4.69) is 15.7 Å². The lowest BCUT2D eigenvalue weighted by molar-refractivity contribution is 0.242. The molecule has 0 aliphatic carbocycles. The smallest absolute Gasteiger partial charge is 0.195 e. The number of furan rings is 1. The van der Waals surface area contributed by atoms with Crippen LogP contribution in [0, 0.1) is 6.92 Å². The van der Waals surface area contributed by atoms with Crippen molar-refractivity contribution in [1.82, 2.24) is 15.1 Å². The molecule has 0 atom stereocenters. The number of nitrogens with zero attached hydrogens (tertiary/aromatic N) is 3. The third-order valence-electron chi connectivity index (χ3n) is 4.31. The standard InChI is InChI=1S/C23H31N5O2/c1-18(2)30-22-9-7-20(8-10-22)27-23(25-13-11-21-6-4-15-29-21)24-12-5-14-28-17-19(3)16-26-28/h4,6-10,15-18H,5,11-14H2,1-3H3,(H2,24,25,27). The third kappa shape index (κ3) is 7.31. The third-order valence-corrected chi connectivity index (χ3v) is 4.31. The summed E-state index contributed by atoms with van der Waals surface area (Å²) in [7, 11) is 0. The molecule has 2 aromatic heterocycles. The molecular formula is C23H31N5O2. The van der Waals surface area contributed by atoms with Crippen LogP contribution in [0.25, 0.3) is 0 Å². The van der Waals surface area contributed by atoms with Gasteiger partial charge in [-0.15, -0.1) is 0 Å². The summed E-state index contributed by atoms with van der Waals surface area (Å²) in [6, 6.07) is 11.8. The highest BCUT2D eigenvalue weighted by Crippen LogP contribution is 2.16. The number of anilines is 1. The number of ether oxygens (including phenoxy) is 1. The Morgan fingerprint density at radius 2 is 2.07 bits per heavy atom. The Hall–Kier alpha value is -3.22. The lowest BCUT2D eigenvalue weighted by atomic mass is 10.3. The number of hydrogen-bond acceptors (Lipinski definition) is 4. The first kappa shape index (κ1) is 21.5. The Bertz CT molecular complexity index is 898. The molecule has 0 saturated carbocycles. The summed E-state index contributed by atoms with van der Waals surface area (Å²) in [6.45, 7) is 8.35. The van der Waals surface area contributed by atoms with Crippen molar-refractivity contribution >= 4 is 11.6 Å². The van der Waals surface area contributed by atoms with Crippen molar-refractivity contribution in [3.63, 3.8) is 0 Å². The number of aryl methyl sites for hydroxylation is 2. The van der Waals surface area contributed by atoms with Crippen LogP contribution in [0.4, 0.5) is 5.69 Å².